The summed E-state index contributed by atoms with van der Waals surface area (Å²) in [5, 5.41) is 6.89. The van der Waals surface area contributed by atoms with Crippen LogP contribution in [0.2, 0.25) is 0 Å². The maximum absolute atomic E-state index is 12.5. The Bertz CT molecular complexity index is 890. The molecule has 0 unspecified atom stereocenters. The molecular weight excluding hydrogens is 378 g/mol. The molecule has 0 atom stereocenters. The quantitative estimate of drug-likeness (QED) is 0.686. The van der Waals surface area contributed by atoms with Crippen molar-refractivity contribution in [2.75, 3.05) is 18.4 Å². The van der Waals surface area contributed by atoms with Crippen LogP contribution in [0.5, 0.6) is 0 Å². The molecule has 5 nitrogen and oxygen atoms in total. The number of sulfonamides is 1. The van der Waals surface area contributed by atoms with Crippen molar-refractivity contribution in [3.63, 3.8) is 0 Å². The normalized spacial score (nSPS) is 11.4. The Kier molecular flexibility index (Phi) is 7.35. The predicted octanol–water partition coefficient (Wildman–Crippen LogP) is 3.82. The lowest BCUT2D eigenvalue weighted by atomic mass is 10.1. The average Bonchev–Trinajstić information content (AvgIpc) is 2.65. The Morgan fingerprint density at radius 2 is 1.67 bits per heavy atom. The number of hydrogen-bond acceptors (Lipinski definition) is 3. The summed E-state index contributed by atoms with van der Waals surface area (Å²) >= 11 is 5.36. The molecule has 27 heavy (non-hydrogen) atoms. The molecule has 0 amide bonds. The standard InChI is InChI=1S/C20H27N3O2S2/c1-5-23(6-2)27(24,25)18-12-10-17(11-13-18)14-21-20(26)22-19-9-7-8-15(3)16(19)4/h7-13H,5-6,14H2,1-4H3,(H2,21,22,26). The van der Waals surface area contributed by atoms with Crippen LogP contribution < -0.4 is 10.6 Å². The van der Waals surface area contributed by atoms with E-state index < -0.39 is 10.0 Å². The van der Waals surface area contributed by atoms with Gasteiger partial charge in [-0.1, -0.05) is 38.1 Å². The Labute approximate surface area is 167 Å². The van der Waals surface area contributed by atoms with E-state index in [1.807, 2.05) is 38.1 Å². The second-order valence-electron chi connectivity index (χ2n) is 6.29. The van der Waals surface area contributed by atoms with Crippen LogP contribution in [0.4, 0.5) is 5.69 Å². The molecular formula is C20H27N3O2S2. The van der Waals surface area contributed by atoms with E-state index >= 15 is 0 Å². The van der Waals surface area contributed by atoms with Crippen molar-refractivity contribution in [1.29, 1.82) is 0 Å². The van der Waals surface area contributed by atoms with Gasteiger partial charge < -0.3 is 10.6 Å². The van der Waals surface area contributed by atoms with Crippen molar-refractivity contribution >= 4 is 33.0 Å². The number of thiocarbonyl (C=S) groups is 1. The highest BCUT2D eigenvalue weighted by atomic mass is 32.2. The van der Waals surface area contributed by atoms with E-state index in [2.05, 4.69) is 30.5 Å². The molecule has 0 bridgehead atoms. The minimum atomic E-state index is -3.42. The summed E-state index contributed by atoms with van der Waals surface area (Å²) in [5.74, 6) is 0. The second-order valence-corrected chi connectivity index (χ2v) is 8.63. The maximum atomic E-state index is 12.5. The highest BCUT2D eigenvalue weighted by Crippen LogP contribution is 2.18. The van der Waals surface area contributed by atoms with Crippen LogP contribution in [-0.4, -0.2) is 30.9 Å². The first-order chi connectivity index (χ1) is 12.8. The van der Waals surface area contributed by atoms with Crippen molar-refractivity contribution in [2.45, 2.75) is 39.1 Å². The van der Waals surface area contributed by atoms with Gasteiger partial charge in [-0.2, -0.15) is 4.31 Å². The molecule has 2 N–H and O–H groups in total. The predicted molar refractivity (Wildman–Crippen MR) is 116 cm³/mol. The van der Waals surface area contributed by atoms with E-state index in [-0.39, 0.29) is 0 Å². The molecule has 0 heterocycles. The summed E-state index contributed by atoms with van der Waals surface area (Å²) in [6.07, 6.45) is 0. The van der Waals surface area contributed by atoms with E-state index in [0.29, 0.717) is 29.6 Å². The number of anilines is 1. The first-order valence-electron chi connectivity index (χ1n) is 8.99. The van der Waals surface area contributed by atoms with Crippen LogP contribution in [0.1, 0.15) is 30.5 Å². The highest BCUT2D eigenvalue weighted by Gasteiger charge is 2.21. The van der Waals surface area contributed by atoms with Gasteiger partial charge in [0.2, 0.25) is 10.0 Å². The van der Waals surface area contributed by atoms with Gasteiger partial charge in [-0.3, -0.25) is 0 Å². The van der Waals surface area contributed by atoms with E-state index in [1.54, 1.807) is 12.1 Å². The number of rotatable bonds is 7. The van der Waals surface area contributed by atoms with Crippen LogP contribution in [0.25, 0.3) is 0 Å². The van der Waals surface area contributed by atoms with E-state index in [9.17, 15) is 8.42 Å². The second kappa shape index (κ2) is 9.30. The summed E-state index contributed by atoms with van der Waals surface area (Å²) < 4.78 is 26.5. The molecule has 7 heteroatoms. The number of nitrogens with zero attached hydrogens (tertiary/aromatic N) is 1. The molecule has 0 aliphatic rings. The van der Waals surface area contributed by atoms with Gasteiger partial charge >= 0.3 is 0 Å². The molecule has 0 spiro atoms. The summed E-state index contributed by atoms with van der Waals surface area (Å²) in [5.41, 5.74) is 4.30. The van der Waals surface area contributed by atoms with E-state index in [4.69, 9.17) is 12.2 Å². The molecule has 2 aromatic carbocycles. The van der Waals surface area contributed by atoms with Gasteiger partial charge in [0.1, 0.15) is 0 Å². The molecule has 0 radical (unpaired) electrons. The van der Waals surface area contributed by atoms with Crippen LogP contribution in [0.15, 0.2) is 47.4 Å². The van der Waals surface area contributed by atoms with Crippen molar-refractivity contribution in [1.82, 2.24) is 9.62 Å². The fourth-order valence-electron chi connectivity index (χ4n) is 2.73. The van der Waals surface area contributed by atoms with Gasteiger partial charge in [-0.25, -0.2) is 8.42 Å². The maximum Gasteiger partial charge on any atom is 0.243 e. The molecule has 0 fully saturated rings. The fourth-order valence-corrected chi connectivity index (χ4v) is 4.37. The van der Waals surface area contributed by atoms with Gasteiger partial charge in [0.25, 0.3) is 0 Å². The van der Waals surface area contributed by atoms with Crippen molar-refractivity contribution in [3.05, 3.63) is 59.2 Å². The molecule has 0 saturated carbocycles. The summed E-state index contributed by atoms with van der Waals surface area (Å²) in [7, 11) is -3.42. The summed E-state index contributed by atoms with van der Waals surface area (Å²) in [6.45, 7) is 9.22. The van der Waals surface area contributed by atoms with Gasteiger partial charge in [-0.15, -0.1) is 0 Å². The molecule has 2 rings (SSSR count). The third-order valence-corrected chi connectivity index (χ3v) is 6.88. The van der Waals surface area contributed by atoms with Crippen LogP contribution in [0.3, 0.4) is 0 Å². The molecule has 0 saturated heterocycles. The van der Waals surface area contributed by atoms with Gasteiger partial charge in [-0.05, 0) is 61.0 Å². The molecule has 2 aromatic rings. The van der Waals surface area contributed by atoms with Gasteiger partial charge in [0, 0.05) is 25.3 Å². The Morgan fingerprint density at radius 1 is 1.04 bits per heavy atom. The topological polar surface area (TPSA) is 61.4 Å². The minimum Gasteiger partial charge on any atom is -0.358 e. The van der Waals surface area contributed by atoms with Crippen molar-refractivity contribution < 1.29 is 8.42 Å². The SMILES string of the molecule is CCN(CC)S(=O)(=O)c1ccc(CNC(=S)Nc2cccc(C)c2C)cc1. The largest absolute Gasteiger partial charge is 0.358 e. The smallest absolute Gasteiger partial charge is 0.243 e. The lowest BCUT2D eigenvalue weighted by Gasteiger charge is -2.18. The highest BCUT2D eigenvalue weighted by molar-refractivity contribution is 7.89. The van der Waals surface area contributed by atoms with Crippen LogP contribution in [0, 0.1) is 13.8 Å². The van der Waals surface area contributed by atoms with E-state index in [1.165, 1.54) is 9.87 Å². The fraction of sp³-hybridized carbons (Fsp3) is 0.350. The molecule has 0 aliphatic carbocycles. The lowest BCUT2D eigenvalue weighted by Crippen LogP contribution is -2.30. The Balaban J connectivity index is 1.99. The van der Waals surface area contributed by atoms with Gasteiger partial charge in [0.05, 0.1) is 4.90 Å². The summed E-state index contributed by atoms with van der Waals surface area (Å²) in [4.78, 5) is 0.311. The third-order valence-electron chi connectivity index (χ3n) is 4.57. The molecule has 0 aliphatic heterocycles. The first-order valence-corrected chi connectivity index (χ1v) is 10.8. The monoisotopic (exact) mass is 405 g/mol. The zero-order chi connectivity index (χ0) is 20.0. The number of aryl methyl sites for hydroxylation is 1. The Hall–Kier alpha value is -1.96. The minimum absolute atomic E-state index is 0.311. The third kappa shape index (κ3) is 5.28. The zero-order valence-corrected chi connectivity index (χ0v) is 17.9. The molecule has 0 aromatic heterocycles. The van der Waals surface area contributed by atoms with Crippen LogP contribution >= 0.6 is 12.2 Å². The zero-order valence-electron chi connectivity index (χ0n) is 16.2. The van der Waals surface area contributed by atoms with E-state index in [0.717, 1.165) is 16.8 Å². The average molecular weight is 406 g/mol. The number of hydrogen-bond donors (Lipinski definition) is 2. The van der Waals surface area contributed by atoms with Crippen LogP contribution in [-0.2, 0) is 16.6 Å². The summed E-state index contributed by atoms with van der Waals surface area (Å²) in [6, 6.07) is 12.9. The number of nitrogens with one attached hydrogen (secondary N) is 2. The lowest BCUT2D eigenvalue weighted by molar-refractivity contribution is 0.445. The van der Waals surface area contributed by atoms with Crippen molar-refractivity contribution in [2.24, 2.45) is 0 Å². The molecule has 146 valence electrons. The first kappa shape index (κ1) is 21.3. The van der Waals surface area contributed by atoms with Crippen molar-refractivity contribution in [3.8, 4) is 0 Å². The Morgan fingerprint density at radius 3 is 2.26 bits per heavy atom. The van der Waals surface area contributed by atoms with Gasteiger partial charge in [0.15, 0.2) is 5.11 Å². The number of benzene rings is 2.